The highest BCUT2D eigenvalue weighted by molar-refractivity contribution is 9.10. The average molecular weight is 350 g/mol. The van der Waals surface area contributed by atoms with Crippen molar-refractivity contribution in [1.82, 2.24) is 4.90 Å². The Hall–Kier alpha value is -2.01. The topological polar surface area (TPSA) is 49.8 Å². The Balaban J connectivity index is 2.22. The zero-order valence-corrected chi connectivity index (χ0v) is 13.4. The molecule has 5 heteroatoms. The van der Waals surface area contributed by atoms with Crippen molar-refractivity contribution in [2.45, 2.75) is 6.54 Å². The van der Waals surface area contributed by atoms with E-state index in [9.17, 15) is 9.90 Å². The van der Waals surface area contributed by atoms with Crippen molar-refractivity contribution in [3.8, 4) is 11.5 Å². The van der Waals surface area contributed by atoms with E-state index in [1.165, 1.54) is 6.07 Å². The fraction of sp³-hybridized carbons (Fsp3) is 0.188. The van der Waals surface area contributed by atoms with Crippen LogP contribution in [0, 0.1) is 0 Å². The standard InChI is InChI=1S/C16H16BrNO3/c1-18(16(20)13-5-3-4-6-14(13)19)10-11-9-12(17)7-8-15(11)21-2/h3-9,19H,10H2,1-2H3. The van der Waals surface area contributed by atoms with Crippen LogP contribution in [0.1, 0.15) is 15.9 Å². The molecule has 0 aromatic heterocycles. The Morgan fingerprint density at radius 2 is 2.00 bits per heavy atom. The van der Waals surface area contributed by atoms with E-state index in [4.69, 9.17) is 4.74 Å². The number of phenolic OH excluding ortho intramolecular Hbond substituents is 1. The van der Waals surface area contributed by atoms with Gasteiger partial charge in [-0.3, -0.25) is 4.79 Å². The van der Waals surface area contributed by atoms with Crippen molar-refractivity contribution >= 4 is 21.8 Å². The van der Waals surface area contributed by atoms with Crippen LogP contribution < -0.4 is 4.74 Å². The second kappa shape index (κ2) is 6.63. The van der Waals surface area contributed by atoms with E-state index in [2.05, 4.69) is 15.9 Å². The van der Waals surface area contributed by atoms with Crippen LogP contribution in [0.25, 0.3) is 0 Å². The van der Waals surface area contributed by atoms with Gasteiger partial charge in [-0.25, -0.2) is 0 Å². The molecule has 0 spiro atoms. The lowest BCUT2D eigenvalue weighted by molar-refractivity contribution is 0.0781. The number of carbonyl (C=O) groups excluding carboxylic acids is 1. The monoisotopic (exact) mass is 349 g/mol. The van der Waals surface area contributed by atoms with Crippen molar-refractivity contribution < 1.29 is 14.6 Å². The second-order valence-corrected chi connectivity index (χ2v) is 5.55. The Morgan fingerprint density at radius 3 is 2.67 bits per heavy atom. The summed E-state index contributed by atoms with van der Waals surface area (Å²) in [5, 5.41) is 9.76. The zero-order chi connectivity index (χ0) is 15.4. The van der Waals surface area contributed by atoms with E-state index in [1.54, 1.807) is 37.3 Å². The van der Waals surface area contributed by atoms with Crippen LogP contribution >= 0.6 is 15.9 Å². The summed E-state index contributed by atoms with van der Waals surface area (Å²) in [5.41, 5.74) is 1.17. The van der Waals surface area contributed by atoms with Crippen LogP contribution in [-0.4, -0.2) is 30.1 Å². The molecule has 1 amide bonds. The van der Waals surface area contributed by atoms with Gasteiger partial charge in [0.25, 0.3) is 5.91 Å². The van der Waals surface area contributed by atoms with Crippen molar-refractivity contribution in [1.29, 1.82) is 0 Å². The first-order valence-electron chi connectivity index (χ1n) is 6.39. The van der Waals surface area contributed by atoms with Crippen LogP contribution in [-0.2, 0) is 6.54 Å². The number of hydrogen-bond donors (Lipinski definition) is 1. The molecule has 4 nitrogen and oxygen atoms in total. The minimum Gasteiger partial charge on any atom is -0.507 e. The van der Waals surface area contributed by atoms with Gasteiger partial charge in [0.05, 0.1) is 12.7 Å². The molecule has 0 bridgehead atoms. The van der Waals surface area contributed by atoms with Gasteiger partial charge in [-0.05, 0) is 30.3 Å². The van der Waals surface area contributed by atoms with Gasteiger partial charge in [0.15, 0.2) is 0 Å². The Bertz CT molecular complexity index is 658. The van der Waals surface area contributed by atoms with E-state index in [0.29, 0.717) is 6.54 Å². The molecule has 21 heavy (non-hydrogen) atoms. The van der Waals surface area contributed by atoms with Crippen LogP contribution in [0.3, 0.4) is 0 Å². The molecule has 0 heterocycles. The van der Waals surface area contributed by atoms with Gasteiger partial charge in [-0.1, -0.05) is 28.1 Å². The lowest BCUT2D eigenvalue weighted by atomic mass is 10.1. The quantitative estimate of drug-likeness (QED) is 0.919. The SMILES string of the molecule is COc1ccc(Br)cc1CN(C)C(=O)c1ccccc1O. The molecular formula is C16H16BrNO3. The summed E-state index contributed by atoms with van der Waals surface area (Å²) >= 11 is 3.41. The number of phenols is 1. The average Bonchev–Trinajstić information content (AvgIpc) is 2.47. The van der Waals surface area contributed by atoms with Crippen molar-refractivity contribution in [2.24, 2.45) is 0 Å². The molecular weight excluding hydrogens is 334 g/mol. The Kier molecular flexibility index (Phi) is 4.85. The van der Waals surface area contributed by atoms with E-state index in [0.717, 1.165) is 15.8 Å². The number of para-hydroxylation sites is 1. The third-order valence-electron chi connectivity index (χ3n) is 3.13. The smallest absolute Gasteiger partial charge is 0.257 e. The summed E-state index contributed by atoms with van der Waals surface area (Å²) in [6, 6.07) is 12.1. The van der Waals surface area contributed by atoms with E-state index in [1.807, 2.05) is 18.2 Å². The fourth-order valence-electron chi connectivity index (χ4n) is 2.06. The number of methoxy groups -OCH3 is 1. The molecule has 1 N–H and O–H groups in total. The highest BCUT2D eigenvalue weighted by atomic mass is 79.9. The first kappa shape index (κ1) is 15.4. The molecule has 110 valence electrons. The molecule has 0 aliphatic heterocycles. The molecule has 0 saturated carbocycles. The molecule has 2 rings (SSSR count). The molecule has 0 atom stereocenters. The predicted octanol–water partition coefficient (Wildman–Crippen LogP) is 3.44. The minimum absolute atomic E-state index is 0.0180. The first-order valence-corrected chi connectivity index (χ1v) is 7.18. The summed E-state index contributed by atoms with van der Waals surface area (Å²) in [6.45, 7) is 0.385. The van der Waals surface area contributed by atoms with Crippen molar-refractivity contribution in [3.05, 3.63) is 58.1 Å². The molecule has 0 fully saturated rings. The van der Waals surface area contributed by atoms with Crippen molar-refractivity contribution in [2.75, 3.05) is 14.2 Å². The number of rotatable bonds is 4. The molecule has 0 aliphatic carbocycles. The molecule has 0 radical (unpaired) electrons. The highest BCUT2D eigenvalue weighted by Gasteiger charge is 2.17. The zero-order valence-electron chi connectivity index (χ0n) is 11.8. The summed E-state index contributed by atoms with van der Waals surface area (Å²) < 4.78 is 6.22. The third-order valence-corrected chi connectivity index (χ3v) is 3.62. The van der Waals surface area contributed by atoms with Gasteiger partial charge in [0, 0.05) is 23.6 Å². The molecule has 0 aliphatic rings. The summed E-state index contributed by atoms with van der Waals surface area (Å²) in [6.07, 6.45) is 0. The second-order valence-electron chi connectivity index (χ2n) is 4.63. The van der Waals surface area contributed by atoms with Gasteiger partial charge < -0.3 is 14.7 Å². The van der Waals surface area contributed by atoms with Gasteiger partial charge >= 0.3 is 0 Å². The number of halogens is 1. The van der Waals surface area contributed by atoms with Crippen LogP contribution in [0.2, 0.25) is 0 Å². The highest BCUT2D eigenvalue weighted by Crippen LogP contribution is 2.25. The largest absolute Gasteiger partial charge is 0.507 e. The Morgan fingerprint density at radius 1 is 1.29 bits per heavy atom. The maximum atomic E-state index is 12.4. The minimum atomic E-state index is -0.241. The summed E-state index contributed by atoms with van der Waals surface area (Å²) in [4.78, 5) is 13.9. The number of aromatic hydroxyl groups is 1. The van der Waals surface area contributed by atoms with E-state index in [-0.39, 0.29) is 17.2 Å². The number of carbonyl (C=O) groups is 1. The van der Waals surface area contributed by atoms with Crippen LogP contribution in [0.15, 0.2) is 46.9 Å². The maximum Gasteiger partial charge on any atom is 0.257 e. The van der Waals surface area contributed by atoms with Gasteiger partial charge in [0.2, 0.25) is 0 Å². The first-order chi connectivity index (χ1) is 10.0. The number of benzene rings is 2. The fourth-order valence-corrected chi connectivity index (χ4v) is 2.47. The Labute approximate surface area is 132 Å². The molecule has 0 unspecified atom stereocenters. The maximum absolute atomic E-state index is 12.4. The lowest BCUT2D eigenvalue weighted by Gasteiger charge is -2.19. The van der Waals surface area contributed by atoms with Crippen LogP contribution in [0.4, 0.5) is 0 Å². The number of amides is 1. The van der Waals surface area contributed by atoms with Gasteiger partial charge in [0.1, 0.15) is 11.5 Å². The summed E-state index contributed by atoms with van der Waals surface area (Å²) in [5.74, 6) is 0.459. The normalized spacial score (nSPS) is 10.2. The number of nitrogens with zero attached hydrogens (tertiary/aromatic N) is 1. The molecule has 2 aromatic carbocycles. The van der Waals surface area contributed by atoms with E-state index < -0.39 is 0 Å². The third kappa shape index (κ3) is 3.55. The van der Waals surface area contributed by atoms with Gasteiger partial charge in [-0.15, -0.1) is 0 Å². The molecule has 2 aromatic rings. The number of hydrogen-bond acceptors (Lipinski definition) is 3. The summed E-state index contributed by atoms with van der Waals surface area (Å²) in [7, 11) is 3.28. The lowest BCUT2D eigenvalue weighted by Crippen LogP contribution is -2.26. The molecule has 0 saturated heterocycles. The van der Waals surface area contributed by atoms with Gasteiger partial charge in [-0.2, -0.15) is 0 Å². The van der Waals surface area contributed by atoms with E-state index >= 15 is 0 Å². The number of ether oxygens (including phenoxy) is 1. The predicted molar refractivity (Wildman–Crippen MR) is 84.6 cm³/mol. The van der Waals surface area contributed by atoms with Crippen molar-refractivity contribution in [3.63, 3.8) is 0 Å². The van der Waals surface area contributed by atoms with Crippen LogP contribution in [0.5, 0.6) is 11.5 Å².